The SMILES string of the molecule is CCC(O)CC(O)CC1(OC)OCC(C)(C)[C@H](C(=O)NCCC(=O)NCCSC(=O)CCC(=O)OC)O1. The van der Waals surface area contributed by atoms with Crippen LogP contribution < -0.4 is 10.6 Å². The van der Waals surface area contributed by atoms with Crippen molar-refractivity contribution in [2.75, 3.05) is 39.7 Å². The minimum Gasteiger partial charge on any atom is -0.469 e. The zero-order valence-corrected chi connectivity index (χ0v) is 23.2. The molecule has 4 atom stereocenters. The van der Waals surface area contributed by atoms with Crippen molar-refractivity contribution in [2.24, 2.45) is 5.41 Å². The van der Waals surface area contributed by atoms with Crippen molar-refractivity contribution in [2.45, 2.75) is 83.6 Å². The van der Waals surface area contributed by atoms with Crippen molar-refractivity contribution < 1.29 is 48.3 Å². The van der Waals surface area contributed by atoms with E-state index in [9.17, 15) is 29.4 Å². The van der Waals surface area contributed by atoms with Gasteiger partial charge in [0.2, 0.25) is 11.8 Å². The topological polar surface area (TPSA) is 170 Å². The number of aliphatic hydroxyl groups excluding tert-OH is 2. The van der Waals surface area contributed by atoms with Crippen molar-refractivity contribution in [1.29, 1.82) is 0 Å². The number of nitrogens with one attached hydrogen (secondary N) is 2. The Morgan fingerprint density at radius 1 is 1.05 bits per heavy atom. The van der Waals surface area contributed by atoms with Crippen LogP contribution in [-0.2, 0) is 38.1 Å². The summed E-state index contributed by atoms with van der Waals surface area (Å²) < 4.78 is 21.6. The molecule has 1 heterocycles. The first kappa shape index (κ1) is 33.3. The molecule has 0 spiro atoms. The van der Waals surface area contributed by atoms with Gasteiger partial charge in [-0.1, -0.05) is 32.5 Å². The Balaban J connectivity index is 2.47. The monoisotopic (exact) mass is 550 g/mol. The third-order valence-corrected chi connectivity index (χ3v) is 6.76. The molecule has 1 fully saturated rings. The highest BCUT2D eigenvalue weighted by atomic mass is 32.2. The van der Waals surface area contributed by atoms with Gasteiger partial charge in [0.05, 0.1) is 38.8 Å². The van der Waals surface area contributed by atoms with E-state index in [1.54, 1.807) is 20.8 Å². The lowest BCUT2D eigenvalue weighted by Gasteiger charge is -2.47. The lowest BCUT2D eigenvalue weighted by atomic mass is 9.85. The summed E-state index contributed by atoms with van der Waals surface area (Å²) in [6.07, 6.45) is -1.99. The van der Waals surface area contributed by atoms with Crippen LogP contribution in [0.1, 0.15) is 59.3 Å². The van der Waals surface area contributed by atoms with E-state index in [2.05, 4.69) is 15.4 Å². The maximum Gasteiger partial charge on any atom is 0.305 e. The minimum absolute atomic E-state index is 0.0239. The van der Waals surface area contributed by atoms with Crippen molar-refractivity contribution in [3.05, 3.63) is 0 Å². The number of aliphatic hydroxyl groups is 2. The van der Waals surface area contributed by atoms with Crippen LogP contribution in [0.3, 0.4) is 0 Å². The molecule has 214 valence electrons. The molecule has 1 saturated heterocycles. The van der Waals surface area contributed by atoms with Crippen LogP contribution in [0.4, 0.5) is 0 Å². The number of thioether (sulfide) groups is 1. The second-order valence-corrected chi connectivity index (χ2v) is 10.7. The number of hydrogen-bond acceptors (Lipinski definition) is 11. The number of carbonyl (C=O) groups excluding carboxylic acids is 4. The van der Waals surface area contributed by atoms with Crippen molar-refractivity contribution in [3.8, 4) is 0 Å². The molecule has 4 N–H and O–H groups in total. The molecule has 0 bridgehead atoms. The molecule has 0 radical (unpaired) electrons. The molecule has 2 amide bonds. The highest BCUT2D eigenvalue weighted by Crippen LogP contribution is 2.38. The Hall–Kier alpha value is -1.77. The average molecular weight is 551 g/mol. The molecule has 1 aliphatic heterocycles. The molecule has 0 aromatic rings. The van der Waals surface area contributed by atoms with Crippen LogP contribution in [0.5, 0.6) is 0 Å². The number of carbonyl (C=O) groups is 4. The van der Waals surface area contributed by atoms with Gasteiger partial charge >= 0.3 is 5.97 Å². The molecular weight excluding hydrogens is 508 g/mol. The van der Waals surface area contributed by atoms with E-state index in [0.29, 0.717) is 12.2 Å². The van der Waals surface area contributed by atoms with Crippen LogP contribution in [0.15, 0.2) is 0 Å². The number of esters is 1. The molecule has 0 aromatic carbocycles. The summed E-state index contributed by atoms with van der Waals surface area (Å²) >= 11 is 1.03. The van der Waals surface area contributed by atoms with Crippen molar-refractivity contribution >= 4 is 34.7 Å². The molecule has 3 unspecified atom stereocenters. The van der Waals surface area contributed by atoms with Gasteiger partial charge in [-0.25, -0.2) is 0 Å². The van der Waals surface area contributed by atoms with Crippen LogP contribution in [-0.4, -0.2) is 97.1 Å². The first-order chi connectivity index (χ1) is 17.4. The lowest BCUT2D eigenvalue weighted by Crippen LogP contribution is -2.60. The highest BCUT2D eigenvalue weighted by molar-refractivity contribution is 8.13. The van der Waals surface area contributed by atoms with Gasteiger partial charge in [-0.3, -0.25) is 19.2 Å². The van der Waals surface area contributed by atoms with E-state index in [1.807, 2.05) is 0 Å². The summed E-state index contributed by atoms with van der Waals surface area (Å²) in [5.74, 6) is -2.47. The van der Waals surface area contributed by atoms with E-state index < -0.39 is 41.6 Å². The third-order valence-electron chi connectivity index (χ3n) is 5.82. The molecule has 12 nitrogen and oxygen atoms in total. The Morgan fingerprint density at radius 3 is 2.38 bits per heavy atom. The van der Waals surface area contributed by atoms with Crippen LogP contribution in [0.25, 0.3) is 0 Å². The second-order valence-electron chi connectivity index (χ2n) is 9.51. The maximum atomic E-state index is 12.9. The molecule has 0 aromatic heterocycles. The normalized spacial score (nSPS) is 22.5. The Labute approximate surface area is 222 Å². The van der Waals surface area contributed by atoms with Gasteiger partial charge in [-0.05, 0) is 12.8 Å². The lowest BCUT2D eigenvalue weighted by molar-refractivity contribution is -0.429. The summed E-state index contributed by atoms with van der Waals surface area (Å²) in [6, 6.07) is 0. The smallest absolute Gasteiger partial charge is 0.305 e. The molecule has 0 saturated carbocycles. The summed E-state index contributed by atoms with van der Waals surface area (Å²) in [4.78, 5) is 47.7. The van der Waals surface area contributed by atoms with E-state index in [4.69, 9.17) is 14.2 Å². The standard InChI is InChI=1S/C24H42N2O10S/c1-6-16(27)13-17(28)14-24(34-5)35-15-23(2,3)21(36-24)22(32)26-10-9-18(29)25-11-12-37-20(31)8-7-19(30)33-4/h16-17,21,27-28H,6-15H2,1-5H3,(H,25,29)(H,26,32)/t16?,17?,21-,24?/m0/s1. The van der Waals surface area contributed by atoms with Gasteiger partial charge < -0.3 is 39.8 Å². The molecular formula is C24H42N2O10S. The maximum absolute atomic E-state index is 12.9. The number of methoxy groups -OCH3 is 2. The van der Waals surface area contributed by atoms with Gasteiger partial charge in [0.25, 0.3) is 5.97 Å². The van der Waals surface area contributed by atoms with E-state index in [1.165, 1.54) is 14.2 Å². The predicted molar refractivity (Wildman–Crippen MR) is 135 cm³/mol. The zero-order chi connectivity index (χ0) is 28.1. The molecule has 1 aliphatic rings. The Bertz CT molecular complexity index is 766. The summed E-state index contributed by atoms with van der Waals surface area (Å²) in [7, 11) is 2.61. The van der Waals surface area contributed by atoms with Gasteiger partial charge in [0.15, 0.2) is 5.12 Å². The largest absolute Gasteiger partial charge is 0.469 e. The van der Waals surface area contributed by atoms with Gasteiger partial charge in [-0.15, -0.1) is 0 Å². The van der Waals surface area contributed by atoms with Gasteiger partial charge in [-0.2, -0.15) is 0 Å². The molecule has 37 heavy (non-hydrogen) atoms. The summed E-state index contributed by atoms with van der Waals surface area (Å²) in [6.45, 7) is 5.85. The number of ether oxygens (including phenoxy) is 4. The molecule has 0 aliphatic carbocycles. The van der Waals surface area contributed by atoms with Crippen molar-refractivity contribution in [1.82, 2.24) is 10.6 Å². The number of amides is 2. The zero-order valence-electron chi connectivity index (χ0n) is 22.4. The van der Waals surface area contributed by atoms with Gasteiger partial charge in [0, 0.05) is 44.2 Å². The predicted octanol–water partition coefficient (Wildman–Crippen LogP) is 0.476. The fraction of sp³-hybridized carbons (Fsp3) is 0.833. The summed E-state index contributed by atoms with van der Waals surface area (Å²) in [5.41, 5.74) is -0.708. The minimum atomic E-state index is -1.65. The van der Waals surface area contributed by atoms with Crippen LogP contribution >= 0.6 is 11.8 Å². The Kier molecular flexibility index (Phi) is 14.6. The second kappa shape index (κ2) is 16.2. The quantitative estimate of drug-likeness (QED) is 0.156. The average Bonchev–Trinajstić information content (AvgIpc) is 2.85. The highest BCUT2D eigenvalue weighted by Gasteiger charge is 2.51. The molecule has 1 rings (SSSR count). The van der Waals surface area contributed by atoms with E-state index in [-0.39, 0.29) is 62.8 Å². The van der Waals surface area contributed by atoms with E-state index in [0.717, 1.165) is 11.8 Å². The summed E-state index contributed by atoms with van der Waals surface area (Å²) in [5, 5.41) is 25.4. The molecule has 13 heteroatoms. The van der Waals surface area contributed by atoms with Crippen LogP contribution in [0, 0.1) is 5.41 Å². The number of hydrogen-bond donors (Lipinski definition) is 4. The van der Waals surface area contributed by atoms with Gasteiger partial charge in [0.1, 0.15) is 6.10 Å². The fourth-order valence-corrected chi connectivity index (χ4v) is 4.20. The first-order valence-electron chi connectivity index (χ1n) is 12.4. The third kappa shape index (κ3) is 12.1. The van der Waals surface area contributed by atoms with E-state index >= 15 is 0 Å². The number of rotatable bonds is 16. The van der Waals surface area contributed by atoms with Crippen LogP contribution in [0.2, 0.25) is 0 Å². The fourth-order valence-electron chi connectivity index (χ4n) is 3.52. The Morgan fingerprint density at radius 2 is 1.76 bits per heavy atom. The van der Waals surface area contributed by atoms with Crippen molar-refractivity contribution in [3.63, 3.8) is 0 Å². The first-order valence-corrected chi connectivity index (χ1v) is 13.4.